The third-order valence-corrected chi connectivity index (χ3v) is 4.19. The van der Waals surface area contributed by atoms with Crippen molar-refractivity contribution in [3.05, 3.63) is 66.0 Å². The number of rotatable bonds is 7. The van der Waals surface area contributed by atoms with E-state index in [4.69, 9.17) is 0 Å². The Kier molecular flexibility index (Phi) is 6.89. The first kappa shape index (κ1) is 19.6. The summed E-state index contributed by atoms with van der Waals surface area (Å²) >= 11 is 0. The molecular weight excluding hydrogens is 331 g/mol. The summed E-state index contributed by atoms with van der Waals surface area (Å²) in [4.78, 5) is 27.9. The topological polar surface area (TPSA) is 40.6 Å². The molecule has 0 saturated carbocycles. The second kappa shape index (κ2) is 9.13. The number of nitrogens with zero attached hydrogens (tertiary/aromatic N) is 2. The molecule has 2 amide bonds. The van der Waals surface area contributed by atoms with Gasteiger partial charge in [0.2, 0.25) is 11.8 Å². The fourth-order valence-corrected chi connectivity index (χ4v) is 2.80. The molecule has 0 radical (unpaired) electrons. The Hall–Kier alpha value is -2.69. The van der Waals surface area contributed by atoms with Gasteiger partial charge < -0.3 is 9.80 Å². The molecule has 0 saturated heterocycles. The summed E-state index contributed by atoms with van der Waals surface area (Å²) in [5.41, 5.74) is 1.52. The van der Waals surface area contributed by atoms with E-state index >= 15 is 0 Å². The molecule has 0 aliphatic rings. The minimum atomic E-state index is -0.409. The van der Waals surface area contributed by atoms with Gasteiger partial charge in [0.05, 0.1) is 0 Å². The van der Waals surface area contributed by atoms with Crippen LogP contribution in [0.2, 0.25) is 0 Å². The zero-order chi connectivity index (χ0) is 19.1. The maximum absolute atomic E-state index is 13.5. The maximum Gasteiger partial charge on any atom is 0.224 e. The van der Waals surface area contributed by atoms with Crippen molar-refractivity contribution in [2.75, 3.05) is 11.4 Å². The van der Waals surface area contributed by atoms with Gasteiger partial charge in [0.1, 0.15) is 5.82 Å². The van der Waals surface area contributed by atoms with Crippen LogP contribution in [0.15, 0.2) is 54.6 Å². The summed E-state index contributed by atoms with van der Waals surface area (Å²) in [6.07, 6.45) is 0.182. The van der Waals surface area contributed by atoms with Crippen LogP contribution >= 0.6 is 0 Å². The van der Waals surface area contributed by atoms with Crippen molar-refractivity contribution in [3.8, 4) is 0 Å². The molecule has 0 heterocycles. The molecule has 0 unspecified atom stereocenters. The number of hydrogen-bond donors (Lipinski definition) is 0. The van der Waals surface area contributed by atoms with Gasteiger partial charge in [-0.05, 0) is 37.6 Å². The molecule has 2 aromatic carbocycles. The fourth-order valence-electron chi connectivity index (χ4n) is 2.80. The van der Waals surface area contributed by atoms with E-state index in [1.54, 1.807) is 17.0 Å². The number of hydrogen-bond acceptors (Lipinski definition) is 2. The number of carbonyl (C=O) groups is 2. The second-order valence-corrected chi connectivity index (χ2v) is 6.50. The minimum Gasteiger partial charge on any atom is -0.336 e. The van der Waals surface area contributed by atoms with Crippen LogP contribution in [0.5, 0.6) is 0 Å². The number of amides is 2. The van der Waals surface area contributed by atoms with Gasteiger partial charge in [-0.25, -0.2) is 4.39 Å². The highest BCUT2D eigenvalue weighted by atomic mass is 19.1. The molecule has 138 valence electrons. The zero-order valence-electron chi connectivity index (χ0n) is 15.5. The Morgan fingerprint density at radius 3 is 2.31 bits per heavy atom. The van der Waals surface area contributed by atoms with Gasteiger partial charge in [0.25, 0.3) is 0 Å². The Balaban J connectivity index is 2.06. The Labute approximate surface area is 154 Å². The Morgan fingerprint density at radius 1 is 1.04 bits per heavy atom. The van der Waals surface area contributed by atoms with E-state index < -0.39 is 5.82 Å². The first-order chi connectivity index (χ1) is 12.4. The van der Waals surface area contributed by atoms with E-state index in [1.807, 2.05) is 44.2 Å². The van der Waals surface area contributed by atoms with Gasteiger partial charge in [-0.15, -0.1) is 0 Å². The average Bonchev–Trinajstić information content (AvgIpc) is 2.60. The van der Waals surface area contributed by atoms with Gasteiger partial charge >= 0.3 is 0 Å². The van der Waals surface area contributed by atoms with Gasteiger partial charge in [0.15, 0.2) is 0 Å². The van der Waals surface area contributed by atoms with E-state index in [1.165, 1.54) is 24.0 Å². The van der Waals surface area contributed by atoms with Crippen molar-refractivity contribution < 1.29 is 14.0 Å². The van der Waals surface area contributed by atoms with Crippen molar-refractivity contribution in [2.45, 2.75) is 39.8 Å². The molecule has 0 atom stereocenters. The molecule has 26 heavy (non-hydrogen) atoms. The largest absolute Gasteiger partial charge is 0.336 e. The van der Waals surface area contributed by atoms with Crippen molar-refractivity contribution >= 4 is 17.5 Å². The Bertz CT molecular complexity index is 747. The lowest BCUT2D eigenvalue weighted by Gasteiger charge is -2.28. The summed E-state index contributed by atoms with van der Waals surface area (Å²) in [5.74, 6) is -0.665. The lowest BCUT2D eigenvalue weighted by molar-refractivity contribution is -0.133. The lowest BCUT2D eigenvalue weighted by Crippen LogP contribution is -2.39. The SMILES string of the molecule is CC(=O)N(CCC(=O)N(Cc1ccccc1)C(C)C)c1cccc(F)c1. The molecule has 5 heteroatoms. The van der Waals surface area contributed by atoms with Crippen LogP contribution in [0.1, 0.15) is 32.8 Å². The fraction of sp³-hybridized carbons (Fsp3) is 0.333. The first-order valence-corrected chi connectivity index (χ1v) is 8.75. The monoisotopic (exact) mass is 356 g/mol. The minimum absolute atomic E-state index is 0.0356. The van der Waals surface area contributed by atoms with E-state index in [2.05, 4.69) is 0 Å². The van der Waals surface area contributed by atoms with Crippen LogP contribution in [-0.2, 0) is 16.1 Å². The summed E-state index contributed by atoms with van der Waals surface area (Å²) in [6, 6.07) is 15.7. The third-order valence-electron chi connectivity index (χ3n) is 4.19. The smallest absolute Gasteiger partial charge is 0.224 e. The predicted molar refractivity (Wildman–Crippen MR) is 101 cm³/mol. The molecule has 0 N–H and O–H groups in total. The third kappa shape index (κ3) is 5.41. The molecular formula is C21H25FN2O2. The van der Waals surface area contributed by atoms with Crippen molar-refractivity contribution in [1.82, 2.24) is 4.90 Å². The lowest BCUT2D eigenvalue weighted by atomic mass is 10.1. The molecule has 2 rings (SSSR count). The van der Waals surface area contributed by atoms with Crippen LogP contribution < -0.4 is 4.90 Å². The number of carbonyl (C=O) groups excluding carboxylic acids is 2. The molecule has 0 fully saturated rings. The van der Waals surface area contributed by atoms with Crippen LogP contribution in [0, 0.1) is 5.82 Å². The van der Waals surface area contributed by atoms with Gasteiger partial charge in [-0.3, -0.25) is 9.59 Å². The molecule has 0 aliphatic carbocycles. The van der Waals surface area contributed by atoms with E-state index in [0.29, 0.717) is 12.2 Å². The van der Waals surface area contributed by atoms with Gasteiger partial charge in [0, 0.05) is 38.2 Å². The molecule has 2 aromatic rings. The molecule has 0 bridgehead atoms. The first-order valence-electron chi connectivity index (χ1n) is 8.75. The van der Waals surface area contributed by atoms with Crippen LogP contribution in [0.4, 0.5) is 10.1 Å². The normalized spacial score (nSPS) is 10.7. The second-order valence-electron chi connectivity index (χ2n) is 6.50. The van der Waals surface area contributed by atoms with Crippen LogP contribution in [-0.4, -0.2) is 29.3 Å². The summed E-state index contributed by atoms with van der Waals surface area (Å²) in [6.45, 7) is 6.10. The summed E-state index contributed by atoms with van der Waals surface area (Å²) < 4.78 is 13.5. The maximum atomic E-state index is 13.5. The van der Waals surface area contributed by atoms with E-state index in [-0.39, 0.29) is 30.8 Å². The predicted octanol–water partition coefficient (Wildman–Crippen LogP) is 4.01. The molecule has 0 aliphatic heterocycles. The average molecular weight is 356 g/mol. The van der Waals surface area contributed by atoms with Crippen molar-refractivity contribution in [3.63, 3.8) is 0 Å². The number of anilines is 1. The summed E-state index contributed by atoms with van der Waals surface area (Å²) in [7, 11) is 0. The summed E-state index contributed by atoms with van der Waals surface area (Å²) in [5, 5.41) is 0. The van der Waals surface area contributed by atoms with E-state index in [0.717, 1.165) is 5.56 Å². The molecule has 4 nitrogen and oxygen atoms in total. The quantitative estimate of drug-likeness (QED) is 0.752. The number of benzene rings is 2. The van der Waals surface area contributed by atoms with E-state index in [9.17, 15) is 14.0 Å². The standard InChI is InChI=1S/C21H25FN2O2/c1-16(2)24(15-18-8-5-4-6-9-18)21(26)12-13-23(17(3)25)20-11-7-10-19(22)14-20/h4-11,14,16H,12-13,15H2,1-3H3. The van der Waals surface area contributed by atoms with Crippen LogP contribution in [0.3, 0.4) is 0 Å². The highest BCUT2D eigenvalue weighted by molar-refractivity contribution is 5.92. The molecule has 0 spiro atoms. The van der Waals surface area contributed by atoms with Gasteiger partial charge in [-0.2, -0.15) is 0 Å². The number of halogens is 1. The Morgan fingerprint density at radius 2 is 1.73 bits per heavy atom. The van der Waals surface area contributed by atoms with Crippen molar-refractivity contribution in [1.29, 1.82) is 0 Å². The molecule has 0 aromatic heterocycles. The highest BCUT2D eigenvalue weighted by Gasteiger charge is 2.20. The zero-order valence-corrected chi connectivity index (χ0v) is 15.5. The van der Waals surface area contributed by atoms with Crippen molar-refractivity contribution in [2.24, 2.45) is 0 Å². The van der Waals surface area contributed by atoms with Gasteiger partial charge in [-0.1, -0.05) is 36.4 Å². The van der Waals surface area contributed by atoms with Crippen LogP contribution in [0.25, 0.3) is 0 Å². The highest BCUT2D eigenvalue weighted by Crippen LogP contribution is 2.17.